The molecule has 0 radical (unpaired) electrons. The molecule has 7 nitrogen and oxygen atoms in total. The molecule has 0 spiro atoms. The summed E-state index contributed by atoms with van der Waals surface area (Å²) < 4.78 is 21.1. The molecule has 0 saturated heterocycles. The highest BCUT2D eigenvalue weighted by molar-refractivity contribution is 5.95. The quantitative estimate of drug-likeness (QED) is 0.510. The second-order valence-electron chi connectivity index (χ2n) is 6.20. The third kappa shape index (κ3) is 4.36. The molecule has 1 aromatic heterocycles. The van der Waals surface area contributed by atoms with Crippen molar-refractivity contribution in [2.75, 3.05) is 28.4 Å². The molecule has 0 aliphatic carbocycles. The molecule has 1 aromatic carbocycles. The van der Waals surface area contributed by atoms with Crippen LogP contribution < -0.4 is 9.47 Å². The van der Waals surface area contributed by atoms with Crippen molar-refractivity contribution in [1.82, 2.24) is 4.90 Å². The number of allylic oxidation sites excluding steroid dienone is 1. The Morgan fingerprint density at radius 2 is 1.89 bits per heavy atom. The number of methoxy groups -OCH3 is 3. The molecule has 1 amide bonds. The first kappa shape index (κ1) is 21.1. The van der Waals surface area contributed by atoms with Gasteiger partial charge in [-0.15, -0.1) is 6.58 Å². The van der Waals surface area contributed by atoms with E-state index in [0.29, 0.717) is 40.6 Å². The van der Waals surface area contributed by atoms with Crippen LogP contribution in [0.15, 0.2) is 35.3 Å². The number of benzene rings is 1. The van der Waals surface area contributed by atoms with Crippen LogP contribution in [0.2, 0.25) is 0 Å². The van der Waals surface area contributed by atoms with Crippen LogP contribution >= 0.6 is 0 Å². The van der Waals surface area contributed by atoms with Crippen LogP contribution in [0.5, 0.6) is 11.5 Å². The molecule has 0 bridgehead atoms. The van der Waals surface area contributed by atoms with Crippen molar-refractivity contribution in [3.8, 4) is 11.5 Å². The van der Waals surface area contributed by atoms with Crippen molar-refractivity contribution in [1.29, 1.82) is 0 Å². The number of aryl methyl sites for hydroxylation is 1. The fourth-order valence-electron chi connectivity index (χ4n) is 2.93. The summed E-state index contributed by atoms with van der Waals surface area (Å²) in [5.74, 6) is 1.28. The Balaban J connectivity index is 2.29. The number of nitrogens with zero attached hydrogens (tertiary/aromatic N) is 1. The summed E-state index contributed by atoms with van der Waals surface area (Å²) >= 11 is 0. The van der Waals surface area contributed by atoms with Gasteiger partial charge < -0.3 is 23.5 Å². The van der Waals surface area contributed by atoms with Crippen molar-refractivity contribution in [2.45, 2.75) is 19.9 Å². The number of carbonyl (C=O) groups is 2. The van der Waals surface area contributed by atoms with E-state index in [0.717, 1.165) is 5.56 Å². The van der Waals surface area contributed by atoms with E-state index in [1.165, 1.54) is 19.1 Å². The van der Waals surface area contributed by atoms with Crippen LogP contribution in [0.4, 0.5) is 0 Å². The lowest BCUT2D eigenvalue weighted by Gasteiger charge is -2.18. The SMILES string of the molecule is C=CCc1cc(C(=O)N(C)Cc2cc(C(=O)OC)c(C)o2)cc(OC)c1OC. The first-order valence-electron chi connectivity index (χ1n) is 8.65. The maximum atomic E-state index is 12.9. The Labute approximate surface area is 164 Å². The zero-order chi connectivity index (χ0) is 20.8. The van der Waals surface area contributed by atoms with Gasteiger partial charge in [0.1, 0.15) is 17.1 Å². The average Bonchev–Trinajstić information content (AvgIpc) is 3.06. The fourth-order valence-corrected chi connectivity index (χ4v) is 2.93. The fraction of sp³-hybridized carbons (Fsp3) is 0.333. The molecular weight excluding hydrogens is 362 g/mol. The van der Waals surface area contributed by atoms with Gasteiger partial charge in [0.05, 0.1) is 27.9 Å². The van der Waals surface area contributed by atoms with Crippen molar-refractivity contribution in [2.24, 2.45) is 0 Å². The summed E-state index contributed by atoms with van der Waals surface area (Å²) in [5, 5.41) is 0. The molecule has 0 saturated carbocycles. The van der Waals surface area contributed by atoms with E-state index in [1.54, 1.807) is 45.4 Å². The van der Waals surface area contributed by atoms with Gasteiger partial charge in [-0.3, -0.25) is 4.79 Å². The van der Waals surface area contributed by atoms with Crippen LogP contribution in [-0.4, -0.2) is 45.2 Å². The highest BCUT2D eigenvalue weighted by Gasteiger charge is 2.21. The first-order chi connectivity index (χ1) is 13.4. The molecule has 28 heavy (non-hydrogen) atoms. The number of hydrogen-bond acceptors (Lipinski definition) is 6. The molecule has 0 unspecified atom stereocenters. The zero-order valence-electron chi connectivity index (χ0n) is 16.8. The molecular formula is C21H25NO6. The second-order valence-corrected chi connectivity index (χ2v) is 6.20. The monoisotopic (exact) mass is 387 g/mol. The zero-order valence-corrected chi connectivity index (χ0v) is 16.8. The topological polar surface area (TPSA) is 78.2 Å². The number of furan rings is 1. The third-order valence-electron chi connectivity index (χ3n) is 4.28. The largest absolute Gasteiger partial charge is 0.493 e. The smallest absolute Gasteiger partial charge is 0.341 e. The van der Waals surface area contributed by atoms with Gasteiger partial charge in [0.2, 0.25) is 0 Å². The van der Waals surface area contributed by atoms with E-state index in [4.69, 9.17) is 18.6 Å². The van der Waals surface area contributed by atoms with E-state index in [1.807, 2.05) is 0 Å². The normalized spacial score (nSPS) is 10.3. The van der Waals surface area contributed by atoms with Gasteiger partial charge in [-0.05, 0) is 31.5 Å². The lowest BCUT2D eigenvalue weighted by Crippen LogP contribution is -2.26. The Morgan fingerprint density at radius 3 is 2.46 bits per heavy atom. The van der Waals surface area contributed by atoms with Crippen molar-refractivity contribution in [3.05, 3.63) is 59.1 Å². The Kier molecular flexibility index (Phi) is 6.87. The van der Waals surface area contributed by atoms with E-state index in [9.17, 15) is 9.59 Å². The number of hydrogen-bond donors (Lipinski definition) is 0. The summed E-state index contributed by atoms with van der Waals surface area (Å²) in [6.45, 7) is 5.61. The first-order valence-corrected chi connectivity index (χ1v) is 8.65. The van der Waals surface area contributed by atoms with Gasteiger partial charge in [0.15, 0.2) is 11.5 Å². The second kappa shape index (κ2) is 9.12. The molecule has 2 aromatic rings. The molecule has 0 atom stereocenters. The van der Waals surface area contributed by atoms with Gasteiger partial charge in [-0.2, -0.15) is 0 Å². The summed E-state index contributed by atoms with van der Waals surface area (Å²) in [6.07, 6.45) is 2.26. The van der Waals surface area contributed by atoms with Crippen LogP contribution in [0.25, 0.3) is 0 Å². The number of amides is 1. The van der Waals surface area contributed by atoms with E-state index < -0.39 is 5.97 Å². The number of rotatable bonds is 8. The van der Waals surface area contributed by atoms with E-state index in [-0.39, 0.29) is 12.5 Å². The summed E-state index contributed by atoms with van der Waals surface area (Å²) in [6, 6.07) is 4.98. The maximum Gasteiger partial charge on any atom is 0.341 e. The summed E-state index contributed by atoms with van der Waals surface area (Å²) in [5.41, 5.74) is 1.60. The standard InChI is InChI=1S/C21H25NO6/c1-7-8-14-9-15(10-18(25-4)19(14)26-5)20(23)22(3)12-16-11-17(13(2)28-16)21(24)27-6/h7,9-11H,1,8,12H2,2-6H3. The van der Waals surface area contributed by atoms with Crippen molar-refractivity contribution < 1.29 is 28.2 Å². The van der Waals surface area contributed by atoms with Crippen LogP contribution in [0.3, 0.4) is 0 Å². The molecule has 0 fully saturated rings. The highest BCUT2D eigenvalue weighted by atomic mass is 16.5. The molecule has 0 aliphatic heterocycles. The van der Waals surface area contributed by atoms with Crippen molar-refractivity contribution >= 4 is 11.9 Å². The Bertz CT molecular complexity index is 883. The lowest BCUT2D eigenvalue weighted by atomic mass is 10.0. The van der Waals surface area contributed by atoms with Gasteiger partial charge in [-0.1, -0.05) is 6.08 Å². The van der Waals surface area contributed by atoms with Gasteiger partial charge in [-0.25, -0.2) is 4.79 Å². The predicted octanol–water partition coefficient (Wildman–Crippen LogP) is 3.39. The summed E-state index contributed by atoms with van der Waals surface area (Å²) in [7, 11) is 6.04. The van der Waals surface area contributed by atoms with Crippen molar-refractivity contribution in [3.63, 3.8) is 0 Å². The minimum Gasteiger partial charge on any atom is -0.493 e. The van der Waals surface area contributed by atoms with Gasteiger partial charge in [0.25, 0.3) is 5.91 Å². The Morgan fingerprint density at radius 1 is 1.18 bits per heavy atom. The number of ether oxygens (including phenoxy) is 3. The average molecular weight is 387 g/mol. The van der Waals surface area contributed by atoms with Crippen LogP contribution in [-0.2, 0) is 17.7 Å². The molecule has 150 valence electrons. The molecule has 2 rings (SSSR count). The minimum absolute atomic E-state index is 0.196. The summed E-state index contributed by atoms with van der Waals surface area (Å²) in [4.78, 5) is 26.1. The van der Waals surface area contributed by atoms with Gasteiger partial charge in [0, 0.05) is 18.2 Å². The minimum atomic E-state index is -0.476. The van der Waals surface area contributed by atoms with E-state index in [2.05, 4.69) is 6.58 Å². The lowest BCUT2D eigenvalue weighted by molar-refractivity contribution is 0.0598. The number of carbonyl (C=O) groups excluding carboxylic acids is 2. The maximum absolute atomic E-state index is 12.9. The third-order valence-corrected chi connectivity index (χ3v) is 4.28. The number of esters is 1. The van der Waals surface area contributed by atoms with Gasteiger partial charge >= 0.3 is 5.97 Å². The molecule has 0 N–H and O–H groups in total. The molecule has 7 heteroatoms. The van der Waals surface area contributed by atoms with Crippen LogP contribution in [0.1, 0.15) is 37.8 Å². The van der Waals surface area contributed by atoms with E-state index >= 15 is 0 Å². The molecule has 1 heterocycles. The molecule has 0 aliphatic rings. The Hall–Kier alpha value is -3.22. The predicted molar refractivity (Wildman–Crippen MR) is 104 cm³/mol. The van der Waals surface area contributed by atoms with Crippen LogP contribution in [0, 0.1) is 6.92 Å². The highest BCUT2D eigenvalue weighted by Crippen LogP contribution is 2.33.